The minimum absolute atomic E-state index is 0.134. The van der Waals surface area contributed by atoms with E-state index in [-0.39, 0.29) is 5.91 Å². The number of amides is 1. The van der Waals surface area contributed by atoms with E-state index in [1.54, 1.807) is 25.3 Å². The van der Waals surface area contributed by atoms with Crippen LogP contribution in [0.1, 0.15) is 29.3 Å². The van der Waals surface area contributed by atoms with Gasteiger partial charge in [-0.05, 0) is 42.3 Å². The Kier molecular flexibility index (Phi) is 6.48. The molecular formula is C19H23NO3. The van der Waals surface area contributed by atoms with Gasteiger partial charge in [0, 0.05) is 5.56 Å². The molecule has 122 valence electrons. The third-order valence-electron chi connectivity index (χ3n) is 3.45. The average molecular weight is 313 g/mol. The van der Waals surface area contributed by atoms with Crippen LogP contribution in [0.2, 0.25) is 0 Å². The Bertz CT molecular complexity index is 623. The van der Waals surface area contributed by atoms with Crippen molar-refractivity contribution in [2.75, 3.05) is 20.3 Å². The molecule has 23 heavy (non-hydrogen) atoms. The summed E-state index contributed by atoms with van der Waals surface area (Å²) in [4.78, 5) is 12.0. The lowest BCUT2D eigenvalue weighted by molar-refractivity contribution is 0.0946. The van der Waals surface area contributed by atoms with Crippen LogP contribution in [-0.4, -0.2) is 26.2 Å². The molecule has 0 spiro atoms. The van der Waals surface area contributed by atoms with E-state index in [1.165, 1.54) is 5.56 Å². The van der Waals surface area contributed by atoms with Crippen LogP contribution in [0.5, 0.6) is 11.5 Å². The normalized spacial score (nSPS) is 10.2. The van der Waals surface area contributed by atoms with Gasteiger partial charge in [0.05, 0.1) is 13.7 Å². The molecule has 4 nitrogen and oxygen atoms in total. The van der Waals surface area contributed by atoms with Crippen LogP contribution in [0.3, 0.4) is 0 Å². The highest BCUT2D eigenvalue weighted by Gasteiger charge is 2.05. The maximum atomic E-state index is 12.0. The number of nitrogens with one attached hydrogen (secondary N) is 1. The number of benzene rings is 2. The van der Waals surface area contributed by atoms with Crippen molar-refractivity contribution in [2.45, 2.75) is 19.8 Å². The van der Waals surface area contributed by atoms with E-state index in [4.69, 9.17) is 9.47 Å². The molecule has 0 fully saturated rings. The Morgan fingerprint density at radius 3 is 2.57 bits per heavy atom. The van der Waals surface area contributed by atoms with Gasteiger partial charge in [-0.2, -0.15) is 0 Å². The van der Waals surface area contributed by atoms with Crippen LogP contribution in [0.15, 0.2) is 48.5 Å². The molecule has 0 radical (unpaired) electrons. The molecule has 0 atom stereocenters. The number of methoxy groups -OCH3 is 1. The summed E-state index contributed by atoms with van der Waals surface area (Å²) in [6, 6.07) is 15.2. The van der Waals surface area contributed by atoms with Crippen molar-refractivity contribution >= 4 is 5.91 Å². The predicted molar refractivity (Wildman–Crippen MR) is 91.3 cm³/mol. The minimum Gasteiger partial charge on any atom is -0.497 e. The van der Waals surface area contributed by atoms with Crippen LogP contribution in [-0.2, 0) is 6.42 Å². The van der Waals surface area contributed by atoms with Crippen molar-refractivity contribution in [2.24, 2.45) is 0 Å². The number of ether oxygens (including phenoxy) is 2. The molecule has 0 aliphatic heterocycles. The van der Waals surface area contributed by atoms with E-state index in [0.717, 1.165) is 18.6 Å². The quantitative estimate of drug-likeness (QED) is 0.759. The third kappa shape index (κ3) is 5.33. The highest BCUT2D eigenvalue weighted by atomic mass is 16.5. The summed E-state index contributed by atoms with van der Waals surface area (Å²) in [5.74, 6) is 1.35. The van der Waals surface area contributed by atoms with Crippen LogP contribution >= 0.6 is 0 Å². The minimum atomic E-state index is -0.134. The van der Waals surface area contributed by atoms with Gasteiger partial charge in [-0.25, -0.2) is 0 Å². The highest BCUT2D eigenvalue weighted by molar-refractivity contribution is 5.94. The largest absolute Gasteiger partial charge is 0.497 e. The topological polar surface area (TPSA) is 47.6 Å². The van der Waals surface area contributed by atoms with Crippen LogP contribution < -0.4 is 14.8 Å². The van der Waals surface area contributed by atoms with Crippen molar-refractivity contribution in [3.8, 4) is 11.5 Å². The van der Waals surface area contributed by atoms with E-state index in [9.17, 15) is 4.79 Å². The fourth-order valence-electron chi connectivity index (χ4n) is 2.24. The first-order valence-electron chi connectivity index (χ1n) is 7.87. The molecule has 0 saturated heterocycles. The zero-order chi connectivity index (χ0) is 16.5. The highest BCUT2D eigenvalue weighted by Crippen LogP contribution is 2.14. The van der Waals surface area contributed by atoms with E-state index >= 15 is 0 Å². The Hall–Kier alpha value is -2.49. The molecule has 0 bridgehead atoms. The van der Waals surface area contributed by atoms with Crippen molar-refractivity contribution in [3.63, 3.8) is 0 Å². The molecule has 2 rings (SSSR count). The maximum Gasteiger partial charge on any atom is 0.251 e. The second kappa shape index (κ2) is 8.83. The summed E-state index contributed by atoms with van der Waals surface area (Å²) in [5, 5.41) is 2.83. The van der Waals surface area contributed by atoms with Gasteiger partial charge in [0.2, 0.25) is 0 Å². The Labute approximate surface area is 137 Å². The van der Waals surface area contributed by atoms with Gasteiger partial charge in [0.25, 0.3) is 5.91 Å². The molecule has 2 aromatic carbocycles. The fraction of sp³-hybridized carbons (Fsp3) is 0.316. The molecule has 0 unspecified atom stereocenters. The summed E-state index contributed by atoms with van der Waals surface area (Å²) < 4.78 is 10.7. The van der Waals surface area contributed by atoms with E-state index in [1.807, 2.05) is 18.2 Å². The first kappa shape index (κ1) is 16.9. The predicted octanol–water partition coefficient (Wildman–Crippen LogP) is 3.46. The first-order valence-corrected chi connectivity index (χ1v) is 7.87. The van der Waals surface area contributed by atoms with Crippen LogP contribution in [0, 0.1) is 0 Å². The summed E-state index contributed by atoms with van der Waals surface area (Å²) in [7, 11) is 1.58. The summed E-state index contributed by atoms with van der Waals surface area (Å²) in [5.41, 5.74) is 1.89. The smallest absolute Gasteiger partial charge is 0.251 e. The average Bonchev–Trinajstić information content (AvgIpc) is 2.60. The number of hydrogen-bond donors (Lipinski definition) is 1. The van der Waals surface area contributed by atoms with Crippen molar-refractivity contribution in [1.82, 2.24) is 5.32 Å². The molecule has 1 N–H and O–H groups in total. The van der Waals surface area contributed by atoms with Gasteiger partial charge in [-0.1, -0.05) is 31.5 Å². The lowest BCUT2D eigenvalue weighted by atomic mass is 10.1. The van der Waals surface area contributed by atoms with Gasteiger partial charge in [-0.3, -0.25) is 4.79 Å². The maximum absolute atomic E-state index is 12.0. The van der Waals surface area contributed by atoms with Gasteiger partial charge in [0.15, 0.2) is 0 Å². The number of carbonyl (C=O) groups is 1. The molecule has 0 aliphatic carbocycles. The van der Waals surface area contributed by atoms with Gasteiger partial charge >= 0.3 is 0 Å². The van der Waals surface area contributed by atoms with E-state index < -0.39 is 0 Å². The summed E-state index contributed by atoms with van der Waals surface area (Å²) >= 11 is 0. The van der Waals surface area contributed by atoms with Crippen LogP contribution in [0.4, 0.5) is 0 Å². The van der Waals surface area contributed by atoms with Gasteiger partial charge < -0.3 is 14.8 Å². The number of carbonyl (C=O) groups excluding carboxylic acids is 1. The van der Waals surface area contributed by atoms with E-state index in [2.05, 4.69) is 24.4 Å². The Morgan fingerprint density at radius 2 is 1.87 bits per heavy atom. The van der Waals surface area contributed by atoms with Crippen molar-refractivity contribution in [1.29, 1.82) is 0 Å². The first-order chi connectivity index (χ1) is 11.2. The molecule has 0 saturated carbocycles. The molecule has 0 heterocycles. The second-order valence-electron chi connectivity index (χ2n) is 5.23. The summed E-state index contributed by atoms with van der Waals surface area (Å²) in [6.07, 6.45) is 2.22. The number of rotatable bonds is 8. The zero-order valence-corrected chi connectivity index (χ0v) is 13.7. The summed E-state index contributed by atoms with van der Waals surface area (Å²) in [6.45, 7) is 3.05. The van der Waals surface area contributed by atoms with Crippen molar-refractivity contribution in [3.05, 3.63) is 59.7 Å². The molecular weight excluding hydrogens is 290 g/mol. The molecule has 4 heteroatoms. The Balaban J connectivity index is 1.75. The lowest BCUT2D eigenvalue weighted by Gasteiger charge is -2.09. The SMILES string of the molecule is CCCc1ccc(OCCNC(=O)c2cccc(OC)c2)cc1. The monoisotopic (exact) mass is 313 g/mol. The van der Waals surface area contributed by atoms with Crippen molar-refractivity contribution < 1.29 is 14.3 Å². The molecule has 2 aromatic rings. The number of aryl methyl sites for hydroxylation is 1. The Morgan fingerprint density at radius 1 is 1.09 bits per heavy atom. The lowest BCUT2D eigenvalue weighted by Crippen LogP contribution is -2.28. The second-order valence-corrected chi connectivity index (χ2v) is 5.23. The molecule has 0 aliphatic rings. The standard InChI is InChI=1S/C19H23NO3/c1-3-5-15-8-10-17(11-9-15)23-13-12-20-19(21)16-6-4-7-18(14-16)22-2/h4,6-11,14H,3,5,12-13H2,1-2H3,(H,20,21). The van der Waals surface area contributed by atoms with Crippen LogP contribution in [0.25, 0.3) is 0 Å². The molecule has 0 aromatic heterocycles. The molecule has 1 amide bonds. The van der Waals surface area contributed by atoms with Gasteiger partial charge in [0.1, 0.15) is 18.1 Å². The van der Waals surface area contributed by atoms with Gasteiger partial charge in [-0.15, -0.1) is 0 Å². The fourth-order valence-corrected chi connectivity index (χ4v) is 2.24. The third-order valence-corrected chi connectivity index (χ3v) is 3.45. The number of hydrogen-bond acceptors (Lipinski definition) is 3. The zero-order valence-electron chi connectivity index (χ0n) is 13.7. The van der Waals surface area contributed by atoms with E-state index in [0.29, 0.717) is 24.5 Å².